The van der Waals surface area contributed by atoms with Gasteiger partial charge >= 0.3 is 0 Å². The number of benzene rings is 1. The Kier molecular flexibility index (Phi) is 5.69. The van der Waals surface area contributed by atoms with E-state index in [1.54, 1.807) is 6.07 Å². The maximum absolute atomic E-state index is 13.2. The van der Waals surface area contributed by atoms with E-state index in [0.29, 0.717) is 51.0 Å². The second-order valence-corrected chi connectivity index (χ2v) is 8.26. The summed E-state index contributed by atoms with van der Waals surface area (Å²) in [5.41, 5.74) is 2.32. The van der Waals surface area contributed by atoms with Crippen LogP contribution in [0.25, 0.3) is 0 Å². The van der Waals surface area contributed by atoms with Crippen molar-refractivity contribution in [1.29, 1.82) is 0 Å². The Morgan fingerprint density at radius 1 is 1.38 bits per heavy atom. The quantitative estimate of drug-likeness (QED) is 0.666. The molecule has 156 valence electrons. The summed E-state index contributed by atoms with van der Waals surface area (Å²) in [6.45, 7) is 6.73. The monoisotopic (exact) mass is 402 g/mol. The van der Waals surface area contributed by atoms with Crippen LogP contribution in [0.15, 0.2) is 28.8 Å². The maximum Gasteiger partial charge on any atom is 0.227 e. The number of hydrogen-bond acceptors (Lipinski definition) is 5. The number of rotatable bonds is 7. The number of ether oxygens (including phenoxy) is 2. The molecule has 4 rings (SSSR count). The third-order valence-corrected chi connectivity index (χ3v) is 5.93. The zero-order chi connectivity index (χ0) is 20.4. The van der Waals surface area contributed by atoms with Gasteiger partial charge in [0.2, 0.25) is 5.91 Å². The molecule has 2 aliphatic rings. The van der Waals surface area contributed by atoms with Gasteiger partial charge in [-0.05, 0) is 50.3 Å². The Hall–Kier alpha value is -2.25. The number of aromatic nitrogens is 1. The fourth-order valence-electron chi connectivity index (χ4n) is 4.25. The third-order valence-electron chi connectivity index (χ3n) is 5.93. The average molecular weight is 402 g/mol. The van der Waals surface area contributed by atoms with Crippen LogP contribution in [0.1, 0.15) is 35.4 Å². The van der Waals surface area contributed by atoms with Gasteiger partial charge in [0.05, 0.1) is 38.4 Å². The summed E-state index contributed by atoms with van der Waals surface area (Å²) in [5, 5.41) is 3.91. The van der Waals surface area contributed by atoms with Crippen molar-refractivity contribution in [1.82, 2.24) is 10.1 Å². The largest absolute Gasteiger partial charge is 0.377 e. The standard InChI is InChI=1S/C22H27FN2O4/c1-15-20(16(2)29-24-15)9-21(26)25-13-22(14-25)10-18(12-28-22)6-7-27-11-17-4-3-5-19(23)8-17/h3-5,8,18H,6-7,9-14H2,1-2H3. The van der Waals surface area contributed by atoms with E-state index in [9.17, 15) is 9.18 Å². The first-order valence-corrected chi connectivity index (χ1v) is 10.1. The topological polar surface area (TPSA) is 64.8 Å². The highest BCUT2D eigenvalue weighted by atomic mass is 19.1. The lowest BCUT2D eigenvalue weighted by Crippen LogP contribution is -2.63. The molecule has 1 atom stereocenters. The van der Waals surface area contributed by atoms with Gasteiger partial charge in [0.25, 0.3) is 0 Å². The van der Waals surface area contributed by atoms with Crippen LogP contribution in [0.2, 0.25) is 0 Å². The molecule has 0 aliphatic carbocycles. The minimum atomic E-state index is -0.240. The minimum Gasteiger partial charge on any atom is -0.377 e. The summed E-state index contributed by atoms with van der Waals surface area (Å²) in [6.07, 6.45) is 2.18. The first kappa shape index (κ1) is 20.0. The average Bonchev–Trinajstić information content (AvgIpc) is 3.23. The van der Waals surface area contributed by atoms with Gasteiger partial charge in [-0.1, -0.05) is 17.3 Å². The third kappa shape index (κ3) is 4.51. The van der Waals surface area contributed by atoms with E-state index >= 15 is 0 Å². The molecule has 29 heavy (non-hydrogen) atoms. The number of nitrogens with zero attached hydrogens (tertiary/aromatic N) is 2. The summed E-state index contributed by atoms with van der Waals surface area (Å²) in [4.78, 5) is 14.4. The van der Waals surface area contributed by atoms with Gasteiger partial charge in [0.1, 0.15) is 17.2 Å². The van der Waals surface area contributed by atoms with Crippen molar-refractivity contribution >= 4 is 5.91 Å². The normalized spacial score (nSPS) is 20.2. The predicted octanol–water partition coefficient (Wildman–Crippen LogP) is 3.20. The number of hydrogen-bond donors (Lipinski definition) is 0. The molecule has 2 aliphatic heterocycles. The lowest BCUT2D eigenvalue weighted by molar-refractivity contribution is -0.157. The second-order valence-electron chi connectivity index (χ2n) is 8.26. The number of amides is 1. The van der Waals surface area contributed by atoms with Crippen LogP contribution >= 0.6 is 0 Å². The Morgan fingerprint density at radius 3 is 2.93 bits per heavy atom. The molecular weight excluding hydrogens is 375 g/mol. The molecule has 1 amide bonds. The van der Waals surface area contributed by atoms with Gasteiger partial charge in [-0.25, -0.2) is 4.39 Å². The molecule has 1 spiro atoms. The first-order chi connectivity index (χ1) is 13.9. The van der Waals surface area contributed by atoms with Gasteiger partial charge in [-0.2, -0.15) is 0 Å². The zero-order valence-corrected chi connectivity index (χ0v) is 16.9. The van der Waals surface area contributed by atoms with E-state index in [0.717, 1.165) is 29.7 Å². The molecule has 1 aromatic carbocycles. The number of likely N-dealkylation sites (tertiary alicyclic amines) is 1. The van der Waals surface area contributed by atoms with E-state index in [4.69, 9.17) is 14.0 Å². The SMILES string of the molecule is Cc1noc(C)c1CC(=O)N1CC2(CC(CCOCc3cccc(F)c3)CO2)C1. The first-order valence-electron chi connectivity index (χ1n) is 10.1. The van der Waals surface area contributed by atoms with Crippen molar-refractivity contribution in [2.45, 2.75) is 45.3 Å². The van der Waals surface area contributed by atoms with Crippen LogP contribution in [0.3, 0.4) is 0 Å². The maximum atomic E-state index is 13.2. The van der Waals surface area contributed by atoms with Gasteiger partial charge in [-0.15, -0.1) is 0 Å². The van der Waals surface area contributed by atoms with Gasteiger partial charge < -0.3 is 18.9 Å². The zero-order valence-electron chi connectivity index (χ0n) is 16.9. The summed E-state index contributed by atoms with van der Waals surface area (Å²) >= 11 is 0. The molecule has 2 fully saturated rings. The number of carbonyl (C=O) groups is 1. The van der Waals surface area contributed by atoms with Crippen LogP contribution < -0.4 is 0 Å². The molecule has 0 bridgehead atoms. The van der Waals surface area contributed by atoms with Gasteiger partial charge in [0, 0.05) is 12.2 Å². The molecule has 0 saturated carbocycles. The van der Waals surface area contributed by atoms with E-state index in [1.165, 1.54) is 12.1 Å². The van der Waals surface area contributed by atoms with Crippen LogP contribution in [-0.2, 0) is 27.3 Å². The number of carbonyl (C=O) groups excluding carboxylic acids is 1. The van der Waals surface area contributed by atoms with Gasteiger partial charge in [-0.3, -0.25) is 4.79 Å². The molecule has 0 radical (unpaired) electrons. The van der Waals surface area contributed by atoms with Crippen LogP contribution in [0, 0.1) is 25.6 Å². The highest BCUT2D eigenvalue weighted by molar-refractivity contribution is 5.80. The van der Waals surface area contributed by atoms with Crippen molar-refractivity contribution < 1.29 is 23.2 Å². The van der Waals surface area contributed by atoms with E-state index in [-0.39, 0.29) is 17.3 Å². The Balaban J connectivity index is 1.17. The number of aryl methyl sites for hydroxylation is 2. The molecule has 3 heterocycles. The van der Waals surface area contributed by atoms with Gasteiger partial charge in [0.15, 0.2) is 0 Å². The Bertz CT molecular complexity index is 856. The minimum absolute atomic E-state index is 0.0931. The molecule has 6 nitrogen and oxygen atoms in total. The highest BCUT2D eigenvalue weighted by Crippen LogP contribution is 2.39. The molecule has 1 aromatic heterocycles. The lowest BCUT2D eigenvalue weighted by Gasteiger charge is -2.47. The van der Waals surface area contributed by atoms with E-state index < -0.39 is 0 Å². The summed E-state index contributed by atoms with van der Waals surface area (Å²) < 4.78 is 30.1. The van der Waals surface area contributed by atoms with Crippen molar-refractivity contribution in [3.63, 3.8) is 0 Å². The highest BCUT2D eigenvalue weighted by Gasteiger charge is 2.50. The van der Waals surface area contributed by atoms with E-state index in [2.05, 4.69) is 5.16 Å². The Morgan fingerprint density at radius 2 is 2.21 bits per heavy atom. The summed E-state index contributed by atoms with van der Waals surface area (Å²) in [6, 6.07) is 6.48. The van der Waals surface area contributed by atoms with Crippen molar-refractivity contribution in [2.75, 3.05) is 26.3 Å². The van der Waals surface area contributed by atoms with Crippen molar-refractivity contribution in [2.24, 2.45) is 5.92 Å². The fourth-order valence-corrected chi connectivity index (χ4v) is 4.25. The molecule has 0 N–H and O–H groups in total. The summed E-state index contributed by atoms with van der Waals surface area (Å²) in [7, 11) is 0. The molecule has 7 heteroatoms. The van der Waals surface area contributed by atoms with Crippen LogP contribution in [-0.4, -0.2) is 47.9 Å². The molecule has 1 unspecified atom stereocenters. The molecule has 2 aromatic rings. The van der Waals surface area contributed by atoms with Crippen molar-refractivity contribution in [3.8, 4) is 0 Å². The molecular formula is C22H27FN2O4. The Labute approximate surface area is 170 Å². The second kappa shape index (κ2) is 8.24. The number of halogens is 1. The van der Waals surface area contributed by atoms with Crippen molar-refractivity contribution in [3.05, 3.63) is 52.7 Å². The lowest BCUT2D eigenvalue weighted by atomic mass is 9.85. The summed E-state index contributed by atoms with van der Waals surface area (Å²) in [5.74, 6) is 0.995. The van der Waals surface area contributed by atoms with Crippen LogP contribution in [0.4, 0.5) is 4.39 Å². The smallest absolute Gasteiger partial charge is 0.227 e. The van der Waals surface area contributed by atoms with Crippen LogP contribution in [0.5, 0.6) is 0 Å². The fraction of sp³-hybridized carbons (Fsp3) is 0.545. The van der Waals surface area contributed by atoms with E-state index in [1.807, 2.05) is 24.8 Å². The molecule has 2 saturated heterocycles. The predicted molar refractivity (Wildman–Crippen MR) is 104 cm³/mol.